The maximum absolute atomic E-state index is 12.9. The summed E-state index contributed by atoms with van der Waals surface area (Å²) in [7, 11) is 0. The molecule has 0 aliphatic heterocycles. The molecule has 5 rings (SSSR count). The van der Waals surface area contributed by atoms with Crippen molar-refractivity contribution < 1.29 is 19.1 Å². The van der Waals surface area contributed by atoms with Crippen molar-refractivity contribution in [1.29, 1.82) is 0 Å². The van der Waals surface area contributed by atoms with Crippen LogP contribution in [0.25, 0.3) is 0 Å². The van der Waals surface area contributed by atoms with E-state index in [1.807, 2.05) is 0 Å². The molecule has 4 nitrogen and oxygen atoms in total. The lowest BCUT2D eigenvalue weighted by molar-refractivity contribution is -0.186. The Labute approximate surface area is 193 Å². The number of hydrogen-bond acceptors (Lipinski definition) is 4. The Bertz CT molecular complexity index is 865. The van der Waals surface area contributed by atoms with Gasteiger partial charge in [0.1, 0.15) is 0 Å². The van der Waals surface area contributed by atoms with Crippen molar-refractivity contribution in [3.63, 3.8) is 0 Å². The van der Waals surface area contributed by atoms with Crippen LogP contribution < -0.4 is 0 Å². The van der Waals surface area contributed by atoms with Gasteiger partial charge >= 0.3 is 5.97 Å². The predicted octanol–water partition coefficient (Wildman–Crippen LogP) is 6.29. The molecule has 0 heterocycles. The number of rotatable bonds is 4. The maximum Gasteiger partial charge on any atom is 0.303 e. The molecule has 0 saturated heterocycles. The third-order valence-electron chi connectivity index (χ3n) is 10.4. The largest absolute Gasteiger partial charge is 0.495 e. The van der Waals surface area contributed by atoms with Gasteiger partial charge in [0.05, 0.1) is 11.9 Å². The molecule has 0 spiro atoms. The monoisotopic (exact) mass is 440 g/mol. The van der Waals surface area contributed by atoms with Crippen LogP contribution in [0.15, 0.2) is 23.5 Å². The Balaban J connectivity index is 1.42. The van der Waals surface area contributed by atoms with Crippen molar-refractivity contribution in [2.45, 2.75) is 110 Å². The molecule has 5 aliphatic carbocycles. The van der Waals surface area contributed by atoms with E-state index in [9.17, 15) is 9.59 Å². The van der Waals surface area contributed by atoms with Gasteiger partial charge in [-0.3, -0.25) is 9.59 Å². The molecule has 0 N–H and O–H groups in total. The van der Waals surface area contributed by atoms with Crippen molar-refractivity contribution in [3.05, 3.63) is 23.5 Å². The standard InChI is InChI=1S/C28H40O4/c1-18(29)28(32-19(2)30)16-13-25-23-10-9-20-17-22(31-21-7-5-6-8-21)11-14-26(20,3)24(23)12-15-27(25,28)4/h9,17,21,23-25H,5-8,10-16H2,1-4H3. The van der Waals surface area contributed by atoms with Gasteiger partial charge in [0.2, 0.25) is 0 Å². The summed E-state index contributed by atoms with van der Waals surface area (Å²) in [6.45, 7) is 7.78. The third kappa shape index (κ3) is 3.15. The van der Waals surface area contributed by atoms with Crippen LogP contribution in [0.5, 0.6) is 0 Å². The van der Waals surface area contributed by atoms with E-state index in [1.54, 1.807) is 6.92 Å². The molecule has 32 heavy (non-hydrogen) atoms. The van der Waals surface area contributed by atoms with Crippen LogP contribution in [0.1, 0.15) is 98.3 Å². The fraction of sp³-hybridized carbons (Fsp3) is 0.786. The maximum atomic E-state index is 12.9. The zero-order valence-corrected chi connectivity index (χ0v) is 20.4. The average Bonchev–Trinajstić information content (AvgIpc) is 3.34. The number of allylic oxidation sites excluding steroid dienone is 4. The number of hydrogen-bond donors (Lipinski definition) is 0. The van der Waals surface area contributed by atoms with E-state index in [0.29, 0.717) is 30.3 Å². The van der Waals surface area contributed by atoms with Crippen LogP contribution in [0.4, 0.5) is 0 Å². The molecule has 0 aromatic carbocycles. The van der Waals surface area contributed by atoms with Gasteiger partial charge in [0.15, 0.2) is 11.4 Å². The zero-order chi connectivity index (χ0) is 22.7. The summed E-state index contributed by atoms with van der Waals surface area (Å²) in [5, 5.41) is 0. The topological polar surface area (TPSA) is 52.6 Å². The second-order valence-electron chi connectivity index (χ2n) is 11.8. The first-order chi connectivity index (χ1) is 15.2. The highest BCUT2D eigenvalue weighted by Crippen LogP contribution is 2.67. The summed E-state index contributed by atoms with van der Waals surface area (Å²) in [4.78, 5) is 24.9. The molecule has 6 unspecified atom stereocenters. The first-order valence-corrected chi connectivity index (χ1v) is 13.0. The van der Waals surface area contributed by atoms with E-state index >= 15 is 0 Å². The van der Waals surface area contributed by atoms with E-state index in [0.717, 1.165) is 38.5 Å². The number of ketones is 1. The summed E-state index contributed by atoms with van der Waals surface area (Å²) in [5.74, 6) is 2.53. The smallest absolute Gasteiger partial charge is 0.303 e. The van der Waals surface area contributed by atoms with Crippen LogP contribution in [-0.4, -0.2) is 23.5 Å². The lowest BCUT2D eigenvalue weighted by atomic mass is 9.47. The van der Waals surface area contributed by atoms with Crippen LogP contribution in [0.2, 0.25) is 0 Å². The Morgan fingerprint density at radius 3 is 2.38 bits per heavy atom. The molecule has 176 valence electrons. The minimum Gasteiger partial charge on any atom is -0.495 e. The average molecular weight is 441 g/mol. The second-order valence-corrected chi connectivity index (χ2v) is 11.8. The summed E-state index contributed by atoms with van der Waals surface area (Å²) < 4.78 is 12.3. The van der Waals surface area contributed by atoms with Gasteiger partial charge in [-0.05, 0) is 106 Å². The van der Waals surface area contributed by atoms with Gasteiger partial charge in [0.25, 0.3) is 0 Å². The van der Waals surface area contributed by atoms with E-state index in [1.165, 1.54) is 43.9 Å². The SMILES string of the molecule is CC(=O)OC1(C(C)=O)CCC2C3CC=C4C=C(OC5CCCC5)CCC4(C)C3CCC21C. The molecule has 0 radical (unpaired) electrons. The van der Waals surface area contributed by atoms with E-state index < -0.39 is 5.60 Å². The third-order valence-corrected chi connectivity index (χ3v) is 10.4. The fourth-order valence-corrected chi connectivity index (χ4v) is 8.67. The van der Waals surface area contributed by atoms with Crippen molar-refractivity contribution in [3.8, 4) is 0 Å². The lowest BCUT2D eigenvalue weighted by Crippen LogP contribution is -2.58. The number of carbonyl (C=O) groups is 2. The van der Waals surface area contributed by atoms with Gasteiger partial charge in [-0.1, -0.05) is 19.9 Å². The minimum atomic E-state index is -0.936. The number of ether oxygens (including phenoxy) is 2. The van der Waals surface area contributed by atoms with Gasteiger partial charge in [-0.2, -0.15) is 0 Å². The molecule has 4 heteroatoms. The number of fused-ring (bicyclic) bond motifs is 5. The Kier molecular flexibility index (Phi) is 5.37. The highest BCUT2D eigenvalue weighted by molar-refractivity contribution is 5.89. The molecule has 0 bridgehead atoms. The molecule has 6 atom stereocenters. The van der Waals surface area contributed by atoms with Crippen molar-refractivity contribution >= 4 is 11.8 Å². The number of esters is 1. The quantitative estimate of drug-likeness (QED) is 0.482. The molecule has 0 amide bonds. The first-order valence-electron chi connectivity index (χ1n) is 13.0. The summed E-state index contributed by atoms with van der Waals surface area (Å²) in [5.41, 5.74) is 0.482. The molecule has 0 aromatic rings. The van der Waals surface area contributed by atoms with Gasteiger partial charge in [0, 0.05) is 18.8 Å². The molecule has 3 saturated carbocycles. The van der Waals surface area contributed by atoms with Crippen molar-refractivity contribution in [1.82, 2.24) is 0 Å². The first kappa shape index (κ1) is 22.2. The van der Waals surface area contributed by atoms with Crippen LogP contribution in [-0.2, 0) is 19.1 Å². The normalized spacial score (nSPS) is 43.4. The van der Waals surface area contributed by atoms with E-state index in [-0.39, 0.29) is 22.6 Å². The molecular weight excluding hydrogens is 400 g/mol. The van der Waals surface area contributed by atoms with Crippen molar-refractivity contribution in [2.75, 3.05) is 0 Å². The number of carbonyl (C=O) groups excluding carboxylic acids is 2. The van der Waals surface area contributed by atoms with Crippen LogP contribution in [0, 0.1) is 28.6 Å². The zero-order valence-electron chi connectivity index (χ0n) is 20.4. The highest BCUT2D eigenvalue weighted by atomic mass is 16.6. The Morgan fingerprint density at radius 1 is 0.969 bits per heavy atom. The number of Topliss-reactive ketones (excluding diaryl/α,β-unsaturated/α-hetero) is 1. The molecule has 5 aliphatic rings. The van der Waals surface area contributed by atoms with Crippen LogP contribution in [0.3, 0.4) is 0 Å². The lowest BCUT2D eigenvalue weighted by Gasteiger charge is -2.58. The second kappa shape index (κ2) is 7.74. The summed E-state index contributed by atoms with van der Waals surface area (Å²) in [6, 6.07) is 0. The minimum absolute atomic E-state index is 0.0312. The Hall–Kier alpha value is -1.58. The summed E-state index contributed by atoms with van der Waals surface area (Å²) >= 11 is 0. The van der Waals surface area contributed by atoms with Crippen LogP contribution >= 0.6 is 0 Å². The Morgan fingerprint density at radius 2 is 1.69 bits per heavy atom. The molecule has 3 fully saturated rings. The molecular formula is C28H40O4. The molecule has 0 aromatic heterocycles. The predicted molar refractivity (Wildman–Crippen MR) is 124 cm³/mol. The van der Waals surface area contributed by atoms with Gasteiger partial charge in [-0.15, -0.1) is 0 Å². The van der Waals surface area contributed by atoms with Crippen molar-refractivity contribution in [2.24, 2.45) is 28.6 Å². The van der Waals surface area contributed by atoms with Gasteiger partial charge < -0.3 is 9.47 Å². The van der Waals surface area contributed by atoms with E-state index in [2.05, 4.69) is 26.0 Å². The fourth-order valence-electron chi connectivity index (χ4n) is 8.67. The van der Waals surface area contributed by atoms with E-state index in [4.69, 9.17) is 9.47 Å². The highest BCUT2D eigenvalue weighted by Gasteiger charge is 2.67. The summed E-state index contributed by atoms with van der Waals surface area (Å²) in [6.07, 6.45) is 17.3. The van der Waals surface area contributed by atoms with Gasteiger partial charge in [-0.25, -0.2) is 0 Å².